The number of methoxy groups -OCH3 is 1. The Hall–Kier alpha value is -0.0800. The zero-order valence-electron chi connectivity index (χ0n) is 7.48. The highest BCUT2D eigenvalue weighted by atomic mass is 16.5. The largest absolute Gasteiger partial charge is 0.383 e. The van der Waals surface area contributed by atoms with Crippen LogP contribution in [0.5, 0.6) is 0 Å². The van der Waals surface area contributed by atoms with Crippen LogP contribution in [0.15, 0.2) is 0 Å². The van der Waals surface area contributed by atoms with Gasteiger partial charge in [0, 0.05) is 12.6 Å². The lowest BCUT2D eigenvalue weighted by atomic mass is 9.86. The van der Waals surface area contributed by atoms with Gasteiger partial charge in [0.25, 0.3) is 0 Å². The van der Waals surface area contributed by atoms with Gasteiger partial charge in [0.05, 0.1) is 6.61 Å². The molecule has 2 N–H and O–H groups in total. The number of hydrogen-bond acceptors (Lipinski definition) is 2. The Kier molecular flexibility index (Phi) is 3.91. The van der Waals surface area contributed by atoms with Crippen LogP contribution in [0.2, 0.25) is 0 Å². The van der Waals surface area contributed by atoms with E-state index in [0.29, 0.717) is 12.5 Å². The first-order valence-electron chi connectivity index (χ1n) is 3.84. The molecule has 0 aliphatic carbocycles. The van der Waals surface area contributed by atoms with Crippen LogP contribution < -0.4 is 5.73 Å². The third-order valence-corrected chi connectivity index (χ3v) is 2.22. The van der Waals surface area contributed by atoms with Crippen LogP contribution >= 0.6 is 0 Å². The van der Waals surface area contributed by atoms with E-state index in [0.717, 1.165) is 6.42 Å². The molecule has 0 aliphatic heterocycles. The van der Waals surface area contributed by atoms with Crippen molar-refractivity contribution in [3.8, 4) is 0 Å². The summed E-state index contributed by atoms with van der Waals surface area (Å²) in [5, 5.41) is 0. The van der Waals surface area contributed by atoms with Crippen LogP contribution in [0.4, 0.5) is 0 Å². The third kappa shape index (κ3) is 2.27. The summed E-state index contributed by atoms with van der Waals surface area (Å²) in [4.78, 5) is 0. The van der Waals surface area contributed by atoms with Crippen LogP contribution in [-0.2, 0) is 4.74 Å². The predicted molar refractivity (Wildman–Crippen MR) is 43.9 cm³/mol. The van der Waals surface area contributed by atoms with Crippen molar-refractivity contribution in [3.05, 3.63) is 0 Å². The minimum absolute atomic E-state index is 0.130. The Bertz CT molecular complexity index is 93.3. The molecule has 2 heteroatoms. The Morgan fingerprint density at radius 3 is 2.10 bits per heavy atom. The molecule has 0 aromatic carbocycles. The zero-order chi connectivity index (χ0) is 8.20. The van der Waals surface area contributed by atoms with E-state index in [1.165, 1.54) is 0 Å². The van der Waals surface area contributed by atoms with Crippen molar-refractivity contribution < 1.29 is 4.74 Å². The van der Waals surface area contributed by atoms with E-state index in [9.17, 15) is 0 Å². The first kappa shape index (κ1) is 9.92. The highest BCUT2D eigenvalue weighted by Gasteiger charge is 2.26. The summed E-state index contributed by atoms with van der Waals surface area (Å²) in [6, 6.07) is 0. The molecule has 0 aliphatic rings. The predicted octanol–water partition coefficient (Wildman–Crippen LogP) is 1.40. The second-order valence-electron chi connectivity index (χ2n) is 3.17. The molecule has 0 aromatic rings. The van der Waals surface area contributed by atoms with Crippen LogP contribution in [-0.4, -0.2) is 19.3 Å². The second kappa shape index (κ2) is 3.94. The molecule has 0 bridgehead atoms. The fourth-order valence-electron chi connectivity index (χ4n) is 0.946. The van der Waals surface area contributed by atoms with E-state index in [1.54, 1.807) is 7.11 Å². The summed E-state index contributed by atoms with van der Waals surface area (Å²) in [7, 11) is 1.69. The standard InChI is InChI=1S/C8H19NO/c1-5-8(9,6-10-4)7(2)3/h7H,5-6,9H2,1-4H3. The van der Waals surface area contributed by atoms with Gasteiger partial charge in [0.15, 0.2) is 0 Å². The molecule has 0 amide bonds. The molecular formula is C8H19NO. The molecule has 1 unspecified atom stereocenters. The fraction of sp³-hybridized carbons (Fsp3) is 1.00. The lowest BCUT2D eigenvalue weighted by Crippen LogP contribution is -2.48. The fourth-order valence-corrected chi connectivity index (χ4v) is 0.946. The van der Waals surface area contributed by atoms with Gasteiger partial charge >= 0.3 is 0 Å². The second-order valence-corrected chi connectivity index (χ2v) is 3.17. The van der Waals surface area contributed by atoms with Crippen LogP contribution in [0, 0.1) is 5.92 Å². The molecule has 62 valence electrons. The monoisotopic (exact) mass is 145 g/mol. The van der Waals surface area contributed by atoms with Crippen LogP contribution in [0.3, 0.4) is 0 Å². The first-order chi connectivity index (χ1) is 4.56. The number of hydrogen-bond donors (Lipinski definition) is 1. The van der Waals surface area contributed by atoms with Crippen molar-refractivity contribution >= 4 is 0 Å². The van der Waals surface area contributed by atoms with Gasteiger partial charge < -0.3 is 10.5 Å². The first-order valence-corrected chi connectivity index (χ1v) is 3.84. The normalized spacial score (nSPS) is 17.4. The Labute approximate surface area is 63.7 Å². The van der Waals surface area contributed by atoms with Gasteiger partial charge in [-0.2, -0.15) is 0 Å². The topological polar surface area (TPSA) is 35.2 Å². The van der Waals surface area contributed by atoms with Crippen molar-refractivity contribution in [2.24, 2.45) is 11.7 Å². The molecule has 1 atom stereocenters. The van der Waals surface area contributed by atoms with Crippen molar-refractivity contribution in [2.75, 3.05) is 13.7 Å². The summed E-state index contributed by atoms with van der Waals surface area (Å²) in [5.41, 5.74) is 5.90. The average molecular weight is 145 g/mol. The Balaban J connectivity index is 3.94. The molecule has 0 heterocycles. The SMILES string of the molecule is CCC(N)(COC)C(C)C. The van der Waals surface area contributed by atoms with Crippen LogP contribution in [0.1, 0.15) is 27.2 Å². The molecule has 0 spiro atoms. The average Bonchev–Trinajstić information content (AvgIpc) is 1.88. The smallest absolute Gasteiger partial charge is 0.0644 e. The Morgan fingerprint density at radius 2 is 2.00 bits per heavy atom. The molecule has 2 nitrogen and oxygen atoms in total. The minimum Gasteiger partial charge on any atom is -0.383 e. The van der Waals surface area contributed by atoms with Crippen molar-refractivity contribution in [1.29, 1.82) is 0 Å². The van der Waals surface area contributed by atoms with Gasteiger partial charge in [-0.3, -0.25) is 0 Å². The molecule has 10 heavy (non-hydrogen) atoms. The summed E-state index contributed by atoms with van der Waals surface area (Å²) < 4.78 is 5.03. The summed E-state index contributed by atoms with van der Waals surface area (Å²) >= 11 is 0. The van der Waals surface area contributed by atoms with Crippen molar-refractivity contribution in [3.63, 3.8) is 0 Å². The number of ether oxygens (including phenoxy) is 1. The van der Waals surface area contributed by atoms with Gasteiger partial charge in [0.1, 0.15) is 0 Å². The number of nitrogens with two attached hydrogens (primary N) is 1. The van der Waals surface area contributed by atoms with Crippen molar-refractivity contribution in [2.45, 2.75) is 32.7 Å². The van der Waals surface area contributed by atoms with Gasteiger partial charge in [-0.05, 0) is 12.3 Å². The van der Waals surface area contributed by atoms with E-state index in [2.05, 4.69) is 20.8 Å². The van der Waals surface area contributed by atoms with E-state index in [-0.39, 0.29) is 5.54 Å². The minimum atomic E-state index is -0.130. The van der Waals surface area contributed by atoms with Crippen LogP contribution in [0.25, 0.3) is 0 Å². The van der Waals surface area contributed by atoms with E-state index in [1.807, 2.05) is 0 Å². The van der Waals surface area contributed by atoms with Gasteiger partial charge in [-0.15, -0.1) is 0 Å². The maximum absolute atomic E-state index is 6.03. The van der Waals surface area contributed by atoms with Crippen molar-refractivity contribution in [1.82, 2.24) is 0 Å². The molecule has 0 rings (SSSR count). The third-order valence-electron chi connectivity index (χ3n) is 2.22. The highest BCUT2D eigenvalue weighted by molar-refractivity contribution is 4.85. The van der Waals surface area contributed by atoms with Gasteiger partial charge in [0.2, 0.25) is 0 Å². The lowest BCUT2D eigenvalue weighted by Gasteiger charge is -2.31. The molecule has 0 saturated carbocycles. The van der Waals surface area contributed by atoms with Gasteiger partial charge in [-0.1, -0.05) is 20.8 Å². The zero-order valence-corrected chi connectivity index (χ0v) is 7.48. The van der Waals surface area contributed by atoms with E-state index < -0.39 is 0 Å². The summed E-state index contributed by atoms with van der Waals surface area (Å²) in [6.45, 7) is 7.01. The quantitative estimate of drug-likeness (QED) is 0.649. The summed E-state index contributed by atoms with van der Waals surface area (Å²) in [6.07, 6.45) is 0.971. The molecular weight excluding hydrogens is 126 g/mol. The maximum atomic E-state index is 6.03. The molecule has 0 fully saturated rings. The van der Waals surface area contributed by atoms with E-state index in [4.69, 9.17) is 10.5 Å². The molecule has 0 aromatic heterocycles. The van der Waals surface area contributed by atoms with E-state index >= 15 is 0 Å². The lowest BCUT2D eigenvalue weighted by molar-refractivity contribution is 0.102. The Morgan fingerprint density at radius 1 is 1.50 bits per heavy atom. The summed E-state index contributed by atoms with van der Waals surface area (Å²) in [5.74, 6) is 0.484. The number of rotatable bonds is 4. The molecule has 0 radical (unpaired) electrons. The van der Waals surface area contributed by atoms with Gasteiger partial charge in [-0.25, -0.2) is 0 Å². The molecule has 0 saturated heterocycles. The highest BCUT2D eigenvalue weighted by Crippen LogP contribution is 2.17. The maximum Gasteiger partial charge on any atom is 0.0644 e.